The number of nitrogens with one attached hydrogen (secondary N) is 1. The van der Waals surface area contributed by atoms with Gasteiger partial charge in [0.1, 0.15) is 0 Å². The van der Waals surface area contributed by atoms with Gasteiger partial charge in [-0.25, -0.2) is 8.42 Å². The Hall–Kier alpha value is -2.09. The number of benzene rings is 2. The van der Waals surface area contributed by atoms with Crippen molar-refractivity contribution in [1.29, 1.82) is 0 Å². The summed E-state index contributed by atoms with van der Waals surface area (Å²) in [5.74, 6) is -0.116. The zero-order valence-corrected chi connectivity index (χ0v) is 18.3. The second-order valence-electron chi connectivity index (χ2n) is 7.91. The predicted octanol–water partition coefficient (Wildman–Crippen LogP) is 3.84. The molecule has 0 atom stereocenters. The molecule has 4 rings (SSSR count). The first-order valence-electron chi connectivity index (χ1n) is 10.3. The third-order valence-corrected chi connectivity index (χ3v) is 7.49. The van der Waals surface area contributed by atoms with Crippen molar-refractivity contribution < 1.29 is 13.2 Å². The first-order valence-corrected chi connectivity index (χ1v) is 12.2. The van der Waals surface area contributed by atoms with Gasteiger partial charge in [0.25, 0.3) is 15.9 Å². The van der Waals surface area contributed by atoms with Crippen LogP contribution in [0.2, 0.25) is 5.02 Å². The van der Waals surface area contributed by atoms with Gasteiger partial charge in [0.05, 0.1) is 10.6 Å². The van der Waals surface area contributed by atoms with E-state index in [0.29, 0.717) is 35.4 Å². The highest BCUT2D eigenvalue weighted by Gasteiger charge is 2.29. The van der Waals surface area contributed by atoms with Gasteiger partial charge in [0.15, 0.2) is 0 Å². The van der Waals surface area contributed by atoms with Gasteiger partial charge < -0.3 is 9.80 Å². The van der Waals surface area contributed by atoms with Gasteiger partial charge in [0.2, 0.25) is 0 Å². The molecule has 0 aromatic heterocycles. The zero-order valence-electron chi connectivity index (χ0n) is 16.8. The molecule has 2 aromatic carbocycles. The van der Waals surface area contributed by atoms with E-state index in [1.807, 2.05) is 4.90 Å². The molecule has 2 aromatic rings. The number of carbonyl (C=O) groups excluding carboxylic acids is 1. The number of hydrogen-bond donors (Lipinski definition) is 1. The summed E-state index contributed by atoms with van der Waals surface area (Å²) < 4.78 is 28.1. The van der Waals surface area contributed by atoms with E-state index >= 15 is 0 Å². The van der Waals surface area contributed by atoms with Gasteiger partial charge >= 0.3 is 0 Å². The molecule has 6 nitrogen and oxygen atoms in total. The van der Waals surface area contributed by atoms with Crippen LogP contribution in [-0.4, -0.2) is 56.3 Å². The highest BCUT2D eigenvalue weighted by Crippen LogP contribution is 2.24. The lowest BCUT2D eigenvalue weighted by molar-refractivity contribution is 0.0644. The standard InChI is InChI=1S/C22H26ClN3O3S/c23-18-6-4-7-19(16-18)24-30(28,29)21-8-3-5-17(15-21)22(27)26-13-9-20(10-14-26)25-11-1-2-12-25/h3-8,15-16,20,24H,1-2,9-14H2. The third-order valence-electron chi connectivity index (χ3n) is 5.88. The minimum atomic E-state index is -3.82. The molecule has 2 heterocycles. The summed E-state index contributed by atoms with van der Waals surface area (Å²) in [6, 6.07) is 13.3. The van der Waals surface area contributed by atoms with E-state index in [2.05, 4.69) is 9.62 Å². The molecule has 0 unspecified atom stereocenters. The molecule has 30 heavy (non-hydrogen) atoms. The van der Waals surface area contributed by atoms with Gasteiger partial charge in [-0.1, -0.05) is 23.7 Å². The van der Waals surface area contributed by atoms with Gasteiger partial charge in [0, 0.05) is 29.7 Å². The van der Waals surface area contributed by atoms with E-state index in [9.17, 15) is 13.2 Å². The minimum absolute atomic E-state index is 0.0558. The minimum Gasteiger partial charge on any atom is -0.339 e. The first kappa shape index (κ1) is 21.2. The average molecular weight is 448 g/mol. The molecule has 0 spiro atoms. The van der Waals surface area contributed by atoms with E-state index in [1.165, 1.54) is 25.0 Å². The van der Waals surface area contributed by atoms with Crippen LogP contribution < -0.4 is 4.72 Å². The summed E-state index contributed by atoms with van der Waals surface area (Å²) in [4.78, 5) is 17.4. The fourth-order valence-corrected chi connectivity index (χ4v) is 5.57. The smallest absolute Gasteiger partial charge is 0.261 e. The Kier molecular flexibility index (Phi) is 6.32. The molecule has 2 saturated heterocycles. The van der Waals surface area contributed by atoms with Crippen LogP contribution in [0, 0.1) is 0 Å². The Morgan fingerprint density at radius 1 is 0.967 bits per heavy atom. The SMILES string of the molecule is O=C(c1cccc(S(=O)(=O)Nc2cccc(Cl)c2)c1)N1CCC(N2CCCC2)CC1. The van der Waals surface area contributed by atoms with Crippen molar-refractivity contribution >= 4 is 33.2 Å². The zero-order chi connectivity index (χ0) is 21.1. The van der Waals surface area contributed by atoms with E-state index in [0.717, 1.165) is 25.9 Å². The number of sulfonamides is 1. The third kappa shape index (κ3) is 4.79. The van der Waals surface area contributed by atoms with E-state index in [4.69, 9.17) is 11.6 Å². The number of rotatable bonds is 5. The number of halogens is 1. The lowest BCUT2D eigenvalue weighted by atomic mass is 10.0. The second-order valence-corrected chi connectivity index (χ2v) is 10.0. The predicted molar refractivity (Wildman–Crippen MR) is 118 cm³/mol. The van der Waals surface area contributed by atoms with Crippen molar-refractivity contribution in [3.8, 4) is 0 Å². The van der Waals surface area contributed by atoms with Crippen LogP contribution in [0.25, 0.3) is 0 Å². The van der Waals surface area contributed by atoms with Crippen molar-refractivity contribution in [2.75, 3.05) is 30.9 Å². The maximum atomic E-state index is 13.0. The number of carbonyl (C=O) groups is 1. The Bertz CT molecular complexity index is 1010. The van der Waals surface area contributed by atoms with E-state index in [-0.39, 0.29) is 10.8 Å². The lowest BCUT2D eigenvalue weighted by Gasteiger charge is -2.36. The van der Waals surface area contributed by atoms with Gasteiger partial charge in [-0.2, -0.15) is 0 Å². The Balaban J connectivity index is 1.44. The first-order chi connectivity index (χ1) is 14.4. The van der Waals surface area contributed by atoms with Crippen molar-refractivity contribution in [3.05, 3.63) is 59.1 Å². The second kappa shape index (κ2) is 8.96. The number of nitrogens with zero attached hydrogens (tertiary/aromatic N) is 2. The summed E-state index contributed by atoms with van der Waals surface area (Å²) in [6.45, 7) is 3.74. The molecular formula is C22H26ClN3O3S. The van der Waals surface area contributed by atoms with Gasteiger partial charge in [-0.15, -0.1) is 0 Å². The van der Waals surface area contributed by atoms with Crippen molar-refractivity contribution in [1.82, 2.24) is 9.80 Å². The quantitative estimate of drug-likeness (QED) is 0.756. The Morgan fingerprint density at radius 2 is 1.67 bits per heavy atom. The molecular weight excluding hydrogens is 422 g/mol. The number of hydrogen-bond acceptors (Lipinski definition) is 4. The molecule has 2 aliphatic heterocycles. The largest absolute Gasteiger partial charge is 0.339 e. The molecule has 0 aliphatic carbocycles. The van der Waals surface area contributed by atoms with Crippen molar-refractivity contribution in [2.45, 2.75) is 36.6 Å². The Labute approximate surface area is 182 Å². The maximum Gasteiger partial charge on any atom is 0.261 e. The summed E-state index contributed by atoms with van der Waals surface area (Å²) in [7, 11) is -3.82. The van der Waals surface area contributed by atoms with Crippen LogP contribution in [0.5, 0.6) is 0 Å². The molecule has 1 amide bonds. The van der Waals surface area contributed by atoms with Gasteiger partial charge in [-0.3, -0.25) is 9.52 Å². The number of amides is 1. The fourth-order valence-electron chi connectivity index (χ4n) is 4.29. The fraction of sp³-hybridized carbons (Fsp3) is 0.409. The van der Waals surface area contributed by atoms with E-state index in [1.54, 1.807) is 36.4 Å². The topological polar surface area (TPSA) is 69.7 Å². The molecule has 8 heteroatoms. The summed E-state index contributed by atoms with van der Waals surface area (Å²) in [5.41, 5.74) is 0.770. The van der Waals surface area contributed by atoms with Crippen LogP contribution in [0.15, 0.2) is 53.4 Å². The van der Waals surface area contributed by atoms with Crippen molar-refractivity contribution in [3.63, 3.8) is 0 Å². The number of likely N-dealkylation sites (tertiary alicyclic amines) is 2. The Morgan fingerprint density at radius 3 is 2.37 bits per heavy atom. The lowest BCUT2D eigenvalue weighted by Crippen LogP contribution is -2.45. The van der Waals surface area contributed by atoms with Crippen LogP contribution >= 0.6 is 11.6 Å². The molecule has 1 N–H and O–H groups in total. The summed E-state index contributed by atoms with van der Waals surface area (Å²) in [6.07, 6.45) is 4.48. The van der Waals surface area contributed by atoms with Crippen molar-refractivity contribution in [2.24, 2.45) is 0 Å². The number of anilines is 1. The van der Waals surface area contributed by atoms with Gasteiger partial charge in [-0.05, 0) is 75.2 Å². The molecule has 0 radical (unpaired) electrons. The van der Waals surface area contributed by atoms with Crippen LogP contribution in [0.4, 0.5) is 5.69 Å². The highest BCUT2D eigenvalue weighted by atomic mass is 35.5. The van der Waals surface area contributed by atoms with E-state index < -0.39 is 10.0 Å². The normalized spacial score (nSPS) is 18.5. The molecule has 2 aliphatic rings. The van der Waals surface area contributed by atoms with Crippen LogP contribution in [0.1, 0.15) is 36.0 Å². The molecule has 0 bridgehead atoms. The number of piperidine rings is 1. The average Bonchev–Trinajstić information content (AvgIpc) is 3.28. The molecule has 2 fully saturated rings. The maximum absolute atomic E-state index is 13.0. The summed E-state index contributed by atoms with van der Waals surface area (Å²) in [5, 5.41) is 0.441. The monoisotopic (exact) mass is 447 g/mol. The summed E-state index contributed by atoms with van der Waals surface area (Å²) >= 11 is 5.94. The van der Waals surface area contributed by atoms with Crippen LogP contribution in [-0.2, 0) is 10.0 Å². The molecule has 160 valence electrons. The highest BCUT2D eigenvalue weighted by molar-refractivity contribution is 7.92. The van der Waals surface area contributed by atoms with Crippen LogP contribution in [0.3, 0.4) is 0 Å². The molecule has 0 saturated carbocycles.